The zero-order chi connectivity index (χ0) is 23.4. The fourth-order valence-corrected chi connectivity index (χ4v) is 6.05. The van der Waals surface area contributed by atoms with E-state index in [1.165, 1.54) is 9.87 Å². The predicted octanol–water partition coefficient (Wildman–Crippen LogP) is 3.09. The Morgan fingerprint density at radius 2 is 1.79 bits per heavy atom. The third-order valence-electron chi connectivity index (χ3n) is 6.27. The Balaban J connectivity index is 1.24. The van der Waals surface area contributed by atoms with Crippen molar-refractivity contribution in [3.63, 3.8) is 0 Å². The number of carbonyl (C=O) groups is 2. The maximum Gasteiger partial charge on any atom is 0.309 e. The number of piperidine rings is 1. The normalized spacial score (nSPS) is 16.9. The van der Waals surface area contributed by atoms with Gasteiger partial charge < -0.3 is 10.1 Å². The van der Waals surface area contributed by atoms with Crippen LogP contribution in [0.3, 0.4) is 0 Å². The van der Waals surface area contributed by atoms with Gasteiger partial charge in [0.1, 0.15) is 0 Å². The lowest BCUT2D eigenvalue weighted by atomic mass is 9.98. The molecule has 0 aromatic heterocycles. The van der Waals surface area contributed by atoms with Gasteiger partial charge in [0, 0.05) is 24.7 Å². The van der Waals surface area contributed by atoms with E-state index in [9.17, 15) is 18.0 Å². The molecule has 0 atom stereocenters. The Bertz CT molecular complexity index is 1140. The molecule has 1 aliphatic carbocycles. The van der Waals surface area contributed by atoms with E-state index in [-0.39, 0.29) is 26.2 Å². The largest absolute Gasteiger partial charge is 0.455 e. The molecule has 4 rings (SSSR count). The molecule has 1 fully saturated rings. The number of ether oxygens (including phenoxy) is 1. The summed E-state index contributed by atoms with van der Waals surface area (Å²) < 4.78 is 32.7. The lowest BCUT2D eigenvalue weighted by Crippen LogP contribution is -2.41. The minimum Gasteiger partial charge on any atom is -0.455 e. The topological polar surface area (TPSA) is 92.8 Å². The Morgan fingerprint density at radius 3 is 2.55 bits per heavy atom. The summed E-state index contributed by atoms with van der Waals surface area (Å²) >= 11 is 6.06. The monoisotopic (exact) mass is 490 g/mol. The highest BCUT2D eigenvalue weighted by molar-refractivity contribution is 7.89. The van der Waals surface area contributed by atoms with Crippen molar-refractivity contribution in [3.05, 3.63) is 64.2 Å². The van der Waals surface area contributed by atoms with Crippen molar-refractivity contribution in [2.45, 2.75) is 43.5 Å². The first-order valence-corrected chi connectivity index (χ1v) is 12.9. The number of hydrogen-bond acceptors (Lipinski definition) is 5. The zero-order valence-electron chi connectivity index (χ0n) is 18.3. The van der Waals surface area contributed by atoms with Crippen molar-refractivity contribution < 1.29 is 22.7 Å². The van der Waals surface area contributed by atoms with Crippen LogP contribution in [0.2, 0.25) is 5.02 Å². The van der Waals surface area contributed by atoms with Crippen LogP contribution in [0.25, 0.3) is 0 Å². The van der Waals surface area contributed by atoms with Crippen LogP contribution in [0.1, 0.15) is 36.0 Å². The second kappa shape index (κ2) is 10.2. The smallest absolute Gasteiger partial charge is 0.309 e. The van der Waals surface area contributed by atoms with Crippen LogP contribution in [0.4, 0.5) is 0 Å². The average Bonchev–Trinajstić information content (AvgIpc) is 3.30. The number of benzene rings is 2. The van der Waals surface area contributed by atoms with Crippen LogP contribution in [-0.2, 0) is 43.7 Å². The standard InChI is InChI=1S/C24H27ClN2O5S/c25-22-7-2-1-4-20(22)15-26-23(28)16-32-24(29)18-10-12-27(13-11-18)33(30,31)21-9-8-17-5-3-6-19(17)14-21/h1-2,4,7-9,14,18H,3,5-6,10-13,15-16H2,(H,26,28). The van der Waals surface area contributed by atoms with Gasteiger partial charge in [-0.05, 0) is 67.0 Å². The van der Waals surface area contributed by atoms with E-state index in [1.54, 1.807) is 30.3 Å². The third-order valence-corrected chi connectivity index (χ3v) is 8.54. The van der Waals surface area contributed by atoms with Crippen LogP contribution >= 0.6 is 11.6 Å². The summed E-state index contributed by atoms with van der Waals surface area (Å²) in [4.78, 5) is 24.7. The highest BCUT2D eigenvalue weighted by Gasteiger charge is 2.33. The van der Waals surface area contributed by atoms with E-state index < -0.39 is 27.8 Å². The number of nitrogens with one attached hydrogen (secondary N) is 1. The molecule has 1 heterocycles. The number of halogens is 1. The molecule has 1 amide bonds. The third kappa shape index (κ3) is 5.57. The molecule has 33 heavy (non-hydrogen) atoms. The molecule has 1 N–H and O–H groups in total. The molecular formula is C24H27ClN2O5S. The van der Waals surface area contributed by atoms with E-state index >= 15 is 0 Å². The molecule has 0 saturated carbocycles. The van der Waals surface area contributed by atoms with Crippen molar-refractivity contribution >= 4 is 33.5 Å². The molecule has 7 nitrogen and oxygen atoms in total. The molecule has 2 aromatic rings. The molecule has 0 radical (unpaired) electrons. The SMILES string of the molecule is O=C(COC(=O)C1CCN(S(=O)(=O)c2ccc3c(c2)CCC3)CC1)NCc1ccccc1Cl. The summed E-state index contributed by atoms with van der Waals surface area (Å²) in [7, 11) is -3.59. The second-order valence-electron chi connectivity index (χ2n) is 8.44. The Labute approximate surface area is 199 Å². The minimum absolute atomic E-state index is 0.245. The molecular weight excluding hydrogens is 464 g/mol. The molecule has 2 aliphatic rings. The lowest BCUT2D eigenvalue weighted by Gasteiger charge is -2.30. The number of carbonyl (C=O) groups excluding carboxylic acids is 2. The van der Waals surface area contributed by atoms with Gasteiger partial charge in [0.2, 0.25) is 10.0 Å². The van der Waals surface area contributed by atoms with Crippen molar-refractivity contribution in [2.24, 2.45) is 5.92 Å². The second-order valence-corrected chi connectivity index (χ2v) is 10.8. The molecule has 1 aliphatic heterocycles. The van der Waals surface area contributed by atoms with Gasteiger partial charge in [0.15, 0.2) is 6.61 Å². The lowest BCUT2D eigenvalue weighted by molar-refractivity contribution is -0.153. The Kier molecular flexibility index (Phi) is 7.36. The van der Waals surface area contributed by atoms with Gasteiger partial charge in [-0.3, -0.25) is 9.59 Å². The zero-order valence-corrected chi connectivity index (χ0v) is 19.8. The Hall–Kier alpha value is -2.42. The number of rotatable bonds is 7. The molecule has 1 saturated heterocycles. The van der Waals surface area contributed by atoms with Gasteiger partial charge in [-0.15, -0.1) is 0 Å². The minimum atomic E-state index is -3.59. The number of esters is 1. The first-order chi connectivity index (χ1) is 15.8. The maximum absolute atomic E-state index is 13.0. The molecule has 0 spiro atoms. The molecule has 0 bridgehead atoms. The van der Waals surface area contributed by atoms with Gasteiger partial charge in [-0.2, -0.15) is 4.31 Å². The first-order valence-electron chi connectivity index (χ1n) is 11.1. The highest BCUT2D eigenvalue weighted by atomic mass is 35.5. The van der Waals surface area contributed by atoms with Crippen molar-refractivity contribution in [1.29, 1.82) is 0 Å². The predicted molar refractivity (Wildman–Crippen MR) is 124 cm³/mol. The summed E-state index contributed by atoms with van der Waals surface area (Å²) in [6, 6.07) is 12.6. The maximum atomic E-state index is 13.0. The number of hydrogen-bond donors (Lipinski definition) is 1. The number of sulfonamides is 1. The number of aryl methyl sites for hydroxylation is 2. The van der Waals surface area contributed by atoms with Crippen molar-refractivity contribution in [3.8, 4) is 0 Å². The van der Waals surface area contributed by atoms with Crippen LogP contribution in [0.15, 0.2) is 47.4 Å². The molecule has 2 aromatic carbocycles. The fraction of sp³-hybridized carbons (Fsp3) is 0.417. The molecule has 176 valence electrons. The van der Waals surface area contributed by atoms with Crippen molar-refractivity contribution in [1.82, 2.24) is 9.62 Å². The van der Waals surface area contributed by atoms with E-state index in [0.717, 1.165) is 30.4 Å². The van der Waals surface area contributed by atoms with Crippen LogP contribution in [0, 0.1) is 5.92 Å². The van der Waals surface area contributed by atoms with Gasteiger partial charge >= 0.3 is 5.97 Å². The number of fused-ring (bicyclic) bond motifs is 1. The highest BCUT2D eigenvalue weighted by Crippen LogP contribution is 2.29. The number of nitrogens with zero attached hydrogens (tertiary/aromatic N) is 1. The van der Waals surface area contributed by atoms with Gasteiger partial charge in [0.25, 0.3) is 5.91 Å². The van der Waals surface area contributed by atoms with E-state index in [2.05, 4.69) is 5.32 Å². The first kappa shape index (κ1) is 23.7. The van der Waals surface area contributed by atoms with Crippen LogP contribution < -0.4 is 5.32 Å². The van der Waals surface area contributed by atoms with E-state index in [0.29, 0.717) is 22.8 Å². The molecule has 9 heteroatoms. The summed E-state index contributed by atoms with van der Waals surface area (Å²) in [6.07, 6.45) is 3.71. The summed E-state index contributed by atoms with van der Waals surface area (Å²) in [5.41, 5.74) is 3.12. The molecule has 0 unspecified atom stereocenters. The quantitative estimate of drug-likeness (QED) is 0.602. The van der Waals surface area contributed by atoms with E-state index in [4.69, 9.17) is 16.3 Å². The average molecular weight is 491 g/mol. The fourth-order valence-electron chi connectivity index (χ4n) is 4.33. The summed E-state index contributed by atoms with van der Waals surface area (Å²) in [5.74, 6) is -1.31. The van der Waals surface area contributed by atoms with Gasteiger partial charge in [-0.1, -0.05) is 35.9 Å². The van der Waals surface area contributed by atoms with Crippen LogP contribution in [-0.4, -0.2) is 44.3 Å². The van der Waals surface area contributed by atoms with Crippen LogP contribution in [0.5, 0.6) is 0 Å². The summed E-state index contributed by atoms with van der Waals surface area (Å²) in [6.45, 7) is 0.363. The summed E-state index contributed by atoms with van der Waals surface area (Å²) in [5, 5.41) is 3.22. The van der Waals surface area contributed by atoms with Gasteiger partial charge in [-0.25, -0.2) is 8.42 Å². The Morgan fingerprint density at radius 1 is 1.06 bits per heavy atom. The number of amides is 1. The van der Waals surface area contributed by atoms with Crippen molar-refractivity contribution in [2.75, 3.05) is 19.7 Å². The van der Waals surface area contributed by atoms with Gasteiger partial charge in [0.05, 0.1) is 10.8 Å². The van der Waals surface area contributed by atoms with E-state index in [1.807, 2.05) is 12.1 Å².